The highest BCUT2D eigenvalue weighted by atomic mass is 32.1. The summed E-state index contributed by atoms with van der Waals surface area (Å²) >= 11 is 1.75. The van der Waals surface area contributed by atoms with Gasteiger partial charge in [-0.2, -0.15) is 0 Å². The van der Waals surface area contributed by atoms with Gasteiger partial charge in [-0.1, -0.05) is 13.0 Å². The van der Waals surface area contributed by atoms with Crippen molar-refractivity contribution in [2.75, 3.05) is 20.8 Å². The molecule has 0 aliphatic rings. The largest absolute Gasteiger partial charge is 0.493 e. The molecule has 5 heteroatoms. The number of hydrogen-bond donors (Lipinski definition) is 1. The average molecular weight is 292 g/mol. The van der Waals surface area contributed by atoms with Gasteiger partial charge in [0.1, 0.15) is 0 Å². The molecule has 20 heavy (non-hydrogen) atoms. The van der Waals surface area contributed by atoms with E-state index in [-0.39, 0.29) is 0 Å². The molecule has 108 valence electrons. The van der Waals surface area contributed by atoms with Gasteiger partial charge in [0.2, 0.25) is 0 Å². The maximum atomic E-state index is 5.32. The van der Waals surface area contributed by atoms with Crippen molar-refractivity contribution in [1.29, 1.82) is 0 Å². The zero-order valence-corrected chi connectivity index (χ0v) is 12.9. The Labute approximate surface area is 123 Å². The maximum absolute atomic E-state index is 5.32. The number of nitrogens with one attached hydrogen (secondary N) is 1. The lowest BCUT2D eigenvalue weighted by Crippen LogP contribution is -2.10. The second-order valence-corrected chi connectivity index (χ2v) is 5.57. The van der Waals surface area contributed by atoms with Crippen molar-refractivity contribution in [2.24, 2.45) is 0 Å². The summed E-state index contributed by atoms with van der Waals surface area (Å²) in [7, 11) is 3.30. The van der Waals surface area contributed by atoms with Gasteiger partial charge in [0.15, 0.2) is 11.5 Å². The van der Waals surface area contributed by atoms with E-state index in [9.17, 15) is 0 Å². The lowest BCUT2D eigenvalue weighted by atomic mass is 10.1. The van der Waals surface area contributed by atoms with Gasteiger partial charge in [-0.3, -0.25) is 0 Å². The van der Waals surface area contributed by atoms with Gasteiger partial charge in [-0.25, -0.2) is 4.98 Å². The minimum absolute atomic E-state index is 0.753. The Balaban J connectivity index is 2.07. The summed E-state index contributed by atoms with van der Waals surface area (Å²) in [5.41, 5.74) is 1.17. The standard InChI is InChI=1S/C15H20N2O2S/c1-4-16-9-12-10-17-15(20-12)8-11-5-6-13(18-2)14(7-11)19-3/h5-7,10,16H,4,8-9H2,1-3H3. The highest BCUT2D eigenvalue weighted by Crippen LogP contribution is 2.29. The number of thiazole rings is 1. The van der Waals surface area contributed by atoms with E-state index in [0.717, 1.165) is 36.0 Å². The lowest BCUT2D eigenvalue weighted by Gasteiger charge is -2.08. The Hall–Kier alpha value is -1.59. The number of aromatic nitrogens is 1. The number of benzene rings is 1. The smallest absolute Gasteiger partial charge is 0.160 e. The zero-order valence-electron chi connectivity index (χ0n) is 12.1. The summed E-state index contributed by atoms with van der Waals surface area (Å²) < 4.78 is 10.6. The maximum Gasteiger partial charge on any atom is 0.160 e. The molecule has 0 amide bonds. The van der Waals surface area contributed by atoms with Crippen LogP contribution in [0.2, 0.25) is 0 Å². The molecule has 0 radical (unpaired) electrons. The summed E-state index contributed by atoms with van der Waals surface area (Å²) in [6, 6.07) is 5.98. The number of nitrogens with zero attached hydrogens (tertiary/aromatic N) is 1. The second kappa shape index (κ2) is 7.26. The fourth-order valence-electron chi connectivity index (χ4n) is 1.92. The van der Waals surface area contributed by atoms with Crippen LogP contribution in [0.4, 0.5) is 0 Å². The molecular weight excluding hydrogens is 272 g/mol. The molecule has 0 spiro atoms. The Bertz CT molecular complexity index is 555. The predicted molar refractivity (Wildman–Crippen MR) is 81.8 cm³/mol. The normalized spacial score (nSPS) is 10.6. The van der Waals surface area contributed by atoms with Crippen molar-refractivity contribution in [3.63, 3.8) is 0 Å². The van der Waals surface area contributed by atoms with Crippen LogP contribution >= 0.6 is 11.3 Å². The molecule has 0 saturated heterocycles. The molecule has 1 heterocycles. The minimum atomic E-state index is 0.753. The third-order valence-corrected chi connectivity index (χ3v) is 3.95. The van der Waals surface area contributed by atoms with Gasteiger partial charge < -0.3 is 14.8 Å². The fourth-order valence-corrected chi connectivity index (χ4v) is 2.85. The molecule has 0 aliphatic heterocycles. The predicted octanol–water partition coefficient (Wildman–Crippen LogP) is 2.86. The van der Waals surface area contributed by atoms with Gasteiger partial charge in [-0.15, -0.1) is 11.3 Å². The van der Waals surface area contributed by atoms with Crippen LogP contribution in [0.25, 0.3) is 0 Å². The van der Waals surface area contributed by atoms with Crippen molar-refractivity contribution >= 4 is 11.3 Å². The molecule has 0 atom stereocenters. The first-order valence-electron chi connectivity index (χ1n) is 6.62. The van der Waals surface area contributed by atoms with Crippen molar-refractivity contribution in [2.45, 2.75) is 19.9 Å². The summed E-state index contributed by atoms with van der Waals surface area (Å²) in [4.78, 5) is 5.73. The van der Waals surface area contributed by atoms with Gasteiger partial charge in [0.25, 0.3) is 0 Å². The summed E-state index contributed by atoms with van der Waals surface area (Å²) in [5.74, 6) is 1.51. The van der Waals surface area contributed by atoms with E-state index < -0.39 is 0 Å². The van der Waals surface area contributed by atoms with Crippen LogP contribution in [0.1, 0.15) is 22.4 Å². The molecule has 0 unspecified atom stereocenters. The van der Waals surface area contributed by atoms with Crippen LogP contribution in [0.15, 0.2) is 24.4 Å². The SMILES string of the molecule is CCNCc1cnc(Cc2ccc(OC)c(OC)c2)s1. The van der Waals surface area contributed by atoms with Crippen molar-refractivity contribution in [3.05, 3.63) is 39.8 Å². The van der Waals surface area contributed by atoms with Crippen LogP contribution in [0.3, 0.4) is 0 Å². The first-order chi connectivity index (χ1) is 9.76. The molecule has 2 rings (SSSR count). The van der Waals surface area contributed by atoms with E-state index in [1.807, 2.05) is 24.4 Å². The monoisotopic (exact) mass is 292 g/mol. The van der Waals surface area contributed by atoms with Gasteiger partial charge in [0.05, 0.1) is 19.2 Å². The lowest BCUT2D eigenvalue weighted by molar-refractivity contribution is 0.354. The van der Waals surface area contributed by atoms with E-state index >= 15 is 0 Å². The Morgan fingerprint density at radius 2 is 2.00 bits per heavy atom. The van der Waals surface area contributed by atoms with Gasteiger partial charge in [0, 0.05) is 24.0 Å². The molecule has 2 aromatic rings. The Kier molecular flexibility index (Phi) is 5.38. The van der Waals surface area contributed by atoms with E-state index in [2.05, 4.69) is 17.2 Å². The third kappa shape index (κ3) is 3.71. The summed E-state index contributed by atoms with van der Waals surface area (Å²) in [6.45, 7) is 3.97. The highest BCUT2D eigenvalue weighted by Gasteiger charge is 2.07. The number of hydrogen-bond acceptors (Lipinski definition) is 5. The molecule has 1 aromatic heterocycles. The minimum Gasteiger partial charge on any atom is -0.493 e. The average Bonchev–Trinajstić information content (AvgIpc) is 2.92. The summed E-state index contributed by atoms with van der Waals surface area (Å²) in [5, 5.41) is 4.42. The Morgan fingerprint density at radius 3 is 2.70 bits per heavy atom. The molecule has 0 fully saturated rings. The zero-order chi connectivity index (χ0) is 14.4. The molecule has 0 saturated carbocycles. The van der Waals surface area contributed by atoms with E-state index in [4.69, 9.17) is 9.47 Å². The van der Waals surface area contributed by atoms with Gasteiger partial charge >= 0.3 is 0 Å². The number of rotatable bonds is 7. The molecule has 0 bridgehead atoms. The van der Waals surface area contributed by atoms with Crippen molar-refractivity contribution in [3.8, 4) is 11.5 Å². The third-order valence-electron chi connectivity index (χ3n) is 2.95. The van der Waals surface area contributed by atoms with Gasteiger partial charge in [-0.05, 0) is 24.2 Å². The molecular formula is C15H20N2O2S. The molecule has 4 nitrogen and oxygen atoms in total. The highest BCUT2D eigenvalue weighted by molar-refractivity contribution is 7.11. The first kappa shape index (κ1) is 14.8. The van der Waals surface area contributed by atoms with Crippen LogP contribution in [-0.4, -0.2) is 25.7 Å². The van der Waals surface area contributed by atoms with Crippen molar-refractivity contribution in [1.82, 2.24) is 10.3 Å². The van der Waals surface area contributed by atoms with E-state index in [1.54, 1.807) is 25.6 Å². The van der Waals surface area contributed by atoms with Crippen LogP contribution in [0, 0.1) is 0 Å². The van der Waals surface area contributed by atoms with Crippen LogP contribution < -0.4 is 14.8 Å². The fraction of sp³-hybridized carbons (Fsp3) is 0.400. The van der Waals surface area contributed by atoms with Crippen LogP contribution in [0.5, 0.6) is 11.5 Å². The van der Waals surface area contributed by atoms with E-state index in [1.165, 1.54) is 10.4 Å². The van der Waals surface area contributed by atoms with E-state index in [0.29, 0.717) is 0 Å². The van der Waals surface area contributed by atoms with Crippen molar-refractivity contribution < 1.29 is 9.47 Å². The summed E-state index contributed by atoms with van der Waals surface area (Å²) in [6.07, 6.45) is 2.76. The number of methoxy groups -OCH3 is 2. The molecule has 0 aliphatic carbocycles. The second-order valence-electron chi connectivity index (χ2n) is 4.37. The van der Waals surface area contributed by atoms with Crippen LogP contribution in [-0.2, 0) is 13.0 Å². The topological polar surface area (TPSA) is 43.4 Å². The Morgan fingerprint density at radius 1 is 1.20 bits per heavy atom. The first-order valence-corrected chi connectivity index (χ1v) is 7.43. The number of ether oxygens (including phenoxy) is 2. The molecule has 1 N–H and O–H groups in total. The quantitative estimate of drug-likeness (QED) is 0.852. The molecule has 1 aromatic carbocycles.